The Bertz CT molecular complexity index is 272. The van der Waals surface area contributed by atoms with Gasteiger partial charge in [-0.15, -0.1) is 0 Å². The van der Waals surface area contributed by atoms with Crippen LogP contribution in [0.25, 0.3) is 0 Å². The van der Waals surface area contributed by atoms with Crippen molar-refractivity contribution in [2.45, 2.75) is 86.9 Å². The molecule has 2 nitrogen and oxygen atoms in total. The molecule has 0 aliphatic carbocycles. The van der Waals surface area contributed by atoms with Crippen molar-refractivity contribution in [1.29, 1.82) is 0 Å². The Morgan fingerprint density at radius 2 is 1.63 bits per heavy atom. The summed E-state index contributed by atoms with van der Waals surface area (Å²) in [5, 5.41) is 0. The Morgan fingerprint density at radius 3 is 1.95 bits per heavy atom. The summed E-state index contributed by atoms with van der Waals surface area (Å²) in [6.45, 7) is 17.0. The summed E-state index contributed by atoms with van der Waals surface area (Å²) in [5.74, 6) is 1.12. The van der Waals surface area contributed by atoms with E-state index in [0.717, 1.165) is 12.8 Å². The van der Waals surface area contributed by atoms with Crippen molar-refractivity contribution in [2.75, 3.05) is 0 Å². The third kappa shape index (κ3) is 4.59. The zero-order valence-electron chi connectivity index (χ0n) is 14.2. The predicted molar refractivity (Wildman–Crippen MR) is 82.3 cm³/mol. The molecular weight excluding hydrogens is 236 g/mol. The van der Waals surface area contributed by atoms with E-state index in [4.69, 9.17) is 4.74 Å². The standard InChI is InChI=1S/C17H34O2/c1-9-15(19-12(4)5)13(6)14(7)17(8,11-3)16(18)10-2/h12-15H,9-11H2,1-8H3/t13?,14?,15-,17-/m0/s1. The van der Waals surface area contributed by atoms with Gasteiger partial charge in [0.1, 0.15) is 5.78 Å². The van der Waals surface area contributed by atoms with Gasteiger partial charge in [-0.3, -0.25) is 4.79 Å². The van der Waals surface area contributed by atoms with Gasteiger partial charge in [-0.05, 0) is 38.5 Å². The lowest BCUT2D eigenvalue weighted by atomic mass is 9.66. The largest absolute Gasteiger partial charge is 0.375 e. The summed E-state index contributed by atoms with van der Waals surface area (Å²) in [4.78, 5) is 12.3. The molecular formula is C17H34O2. The van der Waals surface area contributed by atoms with E-state index < -0.39 is 0 Å². The van der Waals surface area contributed by atoms with Gasteiger partial charge in [-0.1, -0.05) is 41.5 Å². The van der Waals surface area contributed by atoms with E-state index in [-0.39, 0.29) is 17.6 Å². The van der Waals surface area contributed by atoms with Gasteiger partial charge < -0.3 is 4.74 Å². The number of Topliss-reactive ketones (excluding diaryl/α,β-unsaturated/α-hetero) is 1. The Labute approximate surface area is 120 Å². The highest BCUT2D eigenvalue weighted by Crippen LogP contribution is 2.40. The average molecular weight is 270 g/mol. The van der Waals surface area contributed by atoms with Crippen LogP contribution in [0.3, 0.4) is 0 Å². The highest BCUT2D eigenvalue weighted by Gasteiger charge is 2.40. The highest BCUT2D eigenvalue weighted by molar-refractivity contribution is 5.84. The first-order chi connectivity index (χ1) is 8.74. The second kappa shape index (κ2) is 8.04. The minimum absolute atomic E-state index is 0.220. The van der Waals surface area contributed by atoms with Gasteiger partial charge in [0.2, 0.25) is 0 Å². The first-order valence-electron chi connectivity index (χ1n) is 7.93. The fourth-order valence-electron chi connectivity index (χ4n) is 3.02. The molecule has 0 bridgehead atoms. The number of carbonyl (C=O) groups is 1. The van der Waals surface area contributed by atoms with E-state index in [1.165, 1.54) is 0 Å². The van der Waals surface area contributed by atoms with Crippen molar-refractivity contribution in [3.05, 3.63) is 0 Å². The van der Waals surface area contributed by atoms with Crippen LogP contribution in [-0.4, -0.2) is 18.0 Å². The molecule has 0 rings (SSSR count). The van der Waals surface area contributed by atoms with Gasteiger partial charge in [-0.25, -0.2) is 0 Å². The molecule has 0 heterocycles. The molecule has 0 aliphatic heterocycles. The maximum Gasteiger partial charge on any atom is 0.138 e. The van der Waals surface area contributed by atoms with Crippen LogP contribution < -0.4 is 0 Å². The lowest BCUT2D eigenvalue weighted by Crippen LogP contribution is -2.41. The van der Waals surface area contributed by atoms with Crippen molar-refractivity contribution >= 4 is 5.78 Å². The van der Waals surface area contributed by atoms with Gasteiger partial charge in [0.05, 0.1) is 12.2 Å². The van der Waals surface area contributed by atoms with Crippen molar-refractivity contribution in [3.8, 4) is 0 Å². The number of carbonyl (C=O) groups excluding carboxylic acids is 1. The van der Waals surface area contributed by atoms with Crippen molar-refractivity contribution in [2.24, 2.45) is 17.3 Å². The molecule has 0 radical (unpaired) electrons. The SMILES string of the molecule is CCC(=O)[C@@](C)(CC)C(C)C(C)[C@H](CC)OC(C)C. The van der Waals surface area contributed by atoms with Crippen LogP contribution in [0, 0.1) is 17.3 Å². The van der Waals surface area contributed by atoms with Crippen LogP contribution in [-0.2, 0) is 9.53 Å². The maximum absolute atomic E-state index is 12.3. The Morgan fingerprint density at radius 1 is 1.11 bits per heavy atom. The monoisotopic (exact) mass is 270 g/mol. The molecule has 0 fully saturated rings. The zero-order chi connectivity index (χ0) is 15.2. The smallest absolute Gasteiger partial charge is 0.138 e. The normalized spacial score (nSPS) is 19.8. The summed E-state index contributed by atoms with van der Waals surface area (Å²) in [6.07, 6.45) is 3.02. The van der Waals surface area contributed by atoms with E-state index in [2.05, 4.69) is 48.5 Å². The lowest BCUT2D eigenvalue weighted by Gasteiger charge is -2.40. The molecule has 0 aromatic heterocycles. The molecule has 0 saturated heterocycles. The topological polar surface area (TPSA) is 26.3 Å². The fourth-order valence-corrected chi connectivity index (χ4v) is 3.02. The minimum atomic E-state index is -0.220. The van der Waals surface area contributed by atoms with Crippen molar-refractivity contribution in [1.82, 2.24) is 0 Å². The van der Waals surface area contributed by atoms with Gasteiger partial charge in [-0.2, -0.15) is 0 Å². The van der Waals surface area contributed by atoms with E-state index in [0.29, 0.717) is 24.0 Å². The quantitative estimate of drug-likeness (QED) is 0.598. The molecule has 4 atom stereocenters. The Balaban J connectivity index is 5.03. The molecule has 19 heavy (non-hydrogen) atoms. The summed E-state index contributed by atoms with van der Waals surface area (Å²) in [5.41, 5.74) is -0.220. The van der Waals surface area contributed by atoms with Crippen molar-refractivity contribution in [3.63, 3.8) is 0 Å². The first-order valence-corrected chi connectivity index (χ1v) is 7.93. The average Bonchev–Trinajstić information content (AvgIpc) is 2.40. The third-order valence-corrected chi connectivity index (χ3v) is 4.92. The minimum Gasteiger partial charge on any atom is -0.375 e. The van der Waals surface area contributed by atoms with Gasteiger partial charge in [0.25, 0.3) is 0 Å². The molecule has 0 amide bonds. The van der Waals surface area contributed by atoms with Gasteiger partial charge >= 0.3 is 0 Å². The first kappa shape index (κ1) is 18.6. The summed E-state index contributed by atoms with van der Waals surface area (Å²) >= 11 is 0. The van der Waals surface area contributed by atoms with Crippen molar-refractivity contribution < 1.29 is 9.53 Å². The zero-order valence-corrected chi connectivity index (χ0v) is 14.2. The van der Waals surface area contributed by atoms with Crippen LogP contribution in [0.2, 0.25) is 0 Å². The third-order valence-electron chi connectivity index (χ3n) is 4.92. The lowest BCUT2D eigenvalue weighted by molar-refractivity contribution is -0.134. The summed E-state index contributed by atoms with van der Waals surface area (Å²) in [7, 11) is 0. The molecule has 0 aromatic carbocycles. The molecule has 0 aromatic rings. The number of hydrogen-bond donors (Lipinski definition) is 0. The number of hydrogen-bond acceptors (Lipinski definition) is 2. The highest BCUT2D eigenvalue weighted by atomic mass is 16.5. The van der Waals surface area contributed by atoms with Crippen LogP contribution in [0.15, 0.2) is 0 Å². The van der Waals surface area contributed by atoms with Crippen LogP contribution in [0.5, 0.6) is 0 Å². The van der Waals surface area contributed by atoms with E-state index in [1.807, 2.05) is 6.92 Å². The molecule has 0 spiro atoms. The number of ether oxygens (including phenoxy) is 1. The number of rotatable bonds is 9. The fraction of sp³-hybridized carbons (Fsp3) is 0.941. The van der Waals surface area contributed by atoms with E-state index in [9.17, 15) is 4.79 Å². The Kier molecular flexibility index (Phi) is 7.88. The Hall–Kier alpha value is -0.370. The molecule has 2 unspecified atom stereocenters. The van der Waals surface area contributed by atoms with E-state index in [1.54, 1.807) is 0 Å². The van der Waals surface area contributed by atoms with Crippen LogP contribution in [0.4, 0.5) is 0 Å². The van der Waals surface area contributed by atoms with Gasteiger partial charge in [0.15, 0.2) is 0 Å². The molecule has 0 saturated carbocycles. The molecule has 2 heteroatoms. The predicted octanol–water partition coefficient (Wildman–Crippen LogP) is 4.86. The van der Waals surface area contributed by atoms with E-state index >= 15 is 0 Å². The summed E-state index contributed by atoms with van der Waals surface area (Å²) < 4.78 is 6.02. The summed E-state index contributed by atoms with van der Waals surface area (Å²) in [6, 6.07) is 0. The van der Waals surface area contributed by atoms with Gasteiger partial charge in [0, 0.05) is 11.8 Å². The maximum atomic E-state index is 12.3. The second-order valence-corrected chi connectivity index (χ2v) is 6.33. The number of ketones is 1. The molecule has 0 N–H and O–H groups in total. The second-order valence-electron chi connectivity index (χ2n) is 6.33. The van der Waals surface area contributed by atoms with Crippen LogP contribution >= 0.6 is 0 Å². The molecule has 0 aliphatic rings. The molecule has 114 valence electrons. The van der Waals surface area contributed by atoms with Crippen LogP contribution in [0.1, 0.15) is 74.7 Å².